The number of aromatic nitrogens is 4. The molecule has 36 heavy (non-hydrogen) atoms. The third-order valence-electron chi connectivity index (χ3n) is 7.23. The Morgan fingerprint density at radius 2 is 1.97 bits per heavy atom. The summed E-state index contributed by atoms with van der Waals surface area (Å²) in [4.78, 5) is 25.3. The first-order chi connectivity index (χ1) is 17.6. The van der Waals surface area contributed by atoms with E-state index in [0.717, 1.165) is 60.3 Å². The summed E-state index contributed by atoms with van der Waals surface area (Å²) in [5.74, 6) is 1.45. The summed E-state index contributed by atoms with van der Waals surface area (Å²) in [5, 5.41) is 8.55. The van der Waals surface area contributed by atoms with E-state index < -0.39 is 0 Å². The molecule has 1 aliphatic heterocycles. The molecule has 0 spiro atoms. The van der Waals surface area contributed by atoms with Crippen molar-refractivity contribution in [1.82, 2.24) is 19.7 Å². The lowest BCUT2D eigenvalue weighted by molar-refractivity contribution is 0.328. The summed E-state index contributed by atoms with van der Waals surface area (Å²) in [5.41, 5.74) is 5.10. The van der Waals surface area contributed by atoms with E-state index in [2.05, 4.69) is 47.9 Å². The topological polar surface area (TPSA) is 85.4 Å². The van der Waals surface area contributed by atoms with E-state index in [0.29, 0.717) is 17.7 Å². The second-order valence-corrected chi connectivity index (χ2v) is 10.8. The lowest BCUT2D eigenvalue weighted by Gasteiger charge is -2.37. The van der Waals surface area contributed by atoms with Gasteiger partial charge in [-0.05, 0) is 56.1 Å². The molecule has 8 heteroatoms. The van der Waals surface area contributed by atoms with E-state index in [9.17, 15) is 4.91 Å². The molecule has 0 fully saturated rings. The zero-order chi connectivity index (χ0) is 25.5. The van der Waals surface area contributed by atoms with E-state index in [1.807, 2.05) is 48.6 Å². The third-order valence-corrected chi connectivity index (χ3v) is 8.22. The van der Waals surface area contributed by atoms with Crippen LogP contribution >= 0.6 is 11.8 Å². The highest BCUT2D eigenvalue weighted by molar-refractivity contribution is 7.99. The van der Waals surface area contributed by atoms with Gasteiger partial charge in [-0.3, -0.25) is 9.97 Å². The number of fused-ring (bicyclic) bond motifs is 1. The number of hydrogen-bond donors (Lipinski definition) is 0. The van der Waals surface area contributed by atoms with Gasteiger partial charge in [0.05, 0.1) is 24.5 Å². The minimum absolute atomic E-state index is 0.238. The Labute approximate surface area is 218 Å². The minimum atomic E-state index is 0.238. The number of nitrogens with zero attached hydrogens (tertiary/aromatic N) is 6. The molecule has 0 bridgehead atoms. The predicted molar refractivity (Wildman–Crippen MR) is 150 cm³/mol. The number of nitroso groups, excluding NO2 is 1. The van der Waals surface area contributed by atoms with Gasteiger partial charge in [-0.2, -0.15) is 21.8 Å². The van der Waals surface area contributed by atoms with Crippen LogP contribution in [0.2, 0.25) is 0 Å². The Bertz CT molecular complexity index is 1160. The average molecular weight is 505 g/mol. The number of thioether (sulfide) groups is 1. The van der Waals surface area contributed by atoms with Crippen LogP contribution in [0.3, 0.4) is 0 Å². The van der Waals surface area contributed by atoms with Crippen LogP contribution in [0.4, 0.5) is 5.82 Å². The lowest BCUT2D eigenvalue weighted by Crippen LogP contribution is -2.36. The standard InChI is InChI=1S/C28H36N6OS/c1-5-8-20(12-14-32-35)27-23(15-19(3)36-4)26(6-2)34-28(33-27)24(18-31-34)21-10-11-25(30-17-21)22-9-7-13-29-16-22/h7,9-11,13,16-20,23,26H,5-6,8,12,14-15H2,1-4H3. The van der Waals surface area contributed by atoms with Crippen LogP contribution in [-0.2, 0) is 0 Å². The number of hydrogen-bond acceptors (Lipinski definition) is 7. The molecular formula is C28H36N6OS. The SMILES string of the molecule is CCCC(CCN=O)C1=Nc2c(-c3ccc(-c4cccnc4)nc3)cnn2C(CC)C1CC(C)SC. The van der Waals surface area contributed by atoms with Gasteiger partial charge < -0.3 is 0 Å². The smallest absolute Gasteiger partial charge is 0.158 e. The van der Waals surface area contributed by atoms with Crippen LogP contribution in [0.5, 0.6) is 0 Å². The lowest BCUT2D eigenvalue weighted by atomic mass is 9.78. The van der Waals surface area contributed by atoms with Gasteiger partial charge in [0.25, 0.3) is 0 Å². The second-order valence-electron chi connectivity index (χ2n) is 9.53. The molecule has 0 aromatic carbocycles. The van der Waals surface area contributed by atoms with Crippen LogP contribution < -0.4 is 0 Å². The zero-order valence-corrected chi connectivity index (χ0v) is 22.5. The van der Waals surface area contributed by atoms with E-state index >= 15 is 0 Å². The van der Waals surface area contributed by atoms with Crippen LogP contribution in [0, 0.1) is 16.7 Å². The van der Waals surface area contributed by atoms with Crippen LogP contribution in [-0.4, -0.2) is 43.5 Å². The molecule has 4 unspecified atom stereocenters. The normalized spacial score (nSPS) is 18.8. The van der Waals surface area contributed by atoms with Gasteiger partial charge in [-0.15, -0.1) is 0 Å². The quantitative estimate of drug-likeness (QED) is 0.240. The summed E-state index contributed by atoms with van der Waals surface area (Å²) in [6.07, 6.45) is 14.4. The maximum absolute atomic E-state index is 11.0. The average Bonchev–Trinajstić information content (AvgIpc) is 3.34. The summed E-state index contributed by atoms with van der Waals surface area (Å²) in [6, 6.07) is 8.28. The number of pyridine rings is 2. The van der Waals surface area contributed by atoms with Crippen molar-refractivity contribution in [1.29, 1.82) is 0 Å². The Kier molecular flexibility index (Phi) is 9.02. The summed E-state index contributed by atoms with van der Waals surface area (Å²) in [7, 11) is 0. The predicted octanol–water partition coefficient (Wildman–Crippen LogP) is 7.37. The van der Waals surface area contributed by atoms with Crippen LogP contribution in [0.15, 0.2) is 59.2 Å². The fourth-order valence-corrected chi connectivity index (χ4v) is 5.70. The highest BCUT2D eigenvalue weighted by Gasteiger charge is 2.37. The molecule has 0 aliphatic carbocycles. The zero-order valence-electron chi connectivity index (χ0n) is 21.7. The van der Waals surface area contributed by atoms with Crippen molar-refractivity contribution >= 4 is 23.3 Å². The largest absolute Gasteiger partial charge is 0.264 e. The Morgan fingerprint density at radius 1 is 1.11 bits per heavy atom. The van der Waals surface area contributed by atoms with E-state index in [4.69, 9.17) is 15.1 Å². The number of rotatable bonds is 12. The molecule has 3 aromatic rings. The highest BCUT2D eigenvalue weighted by atomic mass is 32.2. The molecule has 0 radical (unpaired) electrons. The molecule has 3 aromatic heterocycles. The van der Waals surface area contributed by atoms with Crippen molar-refractivity contribution in [3.63, 3.8) is 0 Å². The summed E-state index contributed by atoms with van der Waals surface area (Å²) < 4.78 is 2.13. The van der Waals surface area contributed by atoms with Gasteiger partial charge in [0.15, 0.2) is 5.82 Å². The fourth-order valence-electron chi connectivity index (χ4n) is 5.30. The van der Waals surface area contributed by atoms with Crippen LogP contribution in [0.1, 0.15) is 58.9 Å². The molecule has 0 N–H and O–H groups in total. The molecule has 0 saturated carbocycles. The number of aliphatic imine (C=N–C) groups is 1. The molecule has 190 valence electrons. The van der Waals surface area contributed by atoms with E-state index in [1.54, 1.807) is 6.20 Å². The molecule has 0 amide bonds. The monoisotopic (exact) mass is 504 g/mol. The maximum atomic E-state index is 11.0. The minimum Gasteiger partial charge on any atom is -0.264 e. The first-order valence-corrected chi connectivity index (χ1v) is 14.2. The molecule has 7 nitrogen and oxygen atoms in total. The highest BCUT2D eigenvalue weighted by Crippen LogP contribution is 2.44. The van der Waals surface area contributed by atoms with Crippen molar-refractivity contribution in [3.8, 4) is 22.4 Å². The van der Waals surface area contributed by atoms with Gasteiger partial charge in [0.1, 0.15) is 0 Å². The first-order valence-electron chi connectivity index (χ1n) is 13.0. The Morgan fingerprint density at radius 3 is 2.61 bits per heavy atom. The fraction of sp³-hybridized carbons (Fsp3) is 0.500. The first kappa shape index (κ1) is 26.2. The summed E-state index contributed by atoms with van der Waals surface area (Å²) >= 11 is 1.89. The van der Waals surface area contributed by atoms with Gasteiger partial charge in [-0.1, -0.05) is 38.4 Å². The van der Waals surface area contributed by atoms with Gasteiger partial charge >= 0.3 is 0 Å². The Hall–Kier alpha value is -2.87. The maximum Gasteiger partial charge on any atom is 0.158 e. The molecule has 4 rings (SSSR count). The van der Waals surface area contributed by atoms with Gasteiger partial charge in [0.2, 0.25) is 0 Å². The van der Waals surface area contributed by atoms with Crippen LogP contribution in [0.25, 0.3) is 22.4 Å². The van der Waals surface area contributed by atoms with Crippen molar-refractivity contribution < 1.29 is 0 Å². The molecule has 4 atom stereocenters. The van der Waals surface area contributed by atoms with E-state index in [1.165, 1.54) is 5.71 Å². The van der Waals surface area contributed by atoms with Crippen molar-refractivity contribution in [2.75, 3.05) is 12.8 Å². The molecule has 0 saturated heterocycles. The third kappa shape index (κ3) is 5.59. The molecular weight excluding hydrogens is 468 g/mol. The van der Waals surface area contributed by atoms with Crippen molar-refractivity contribution in [3.05, 3.63) is 54.0 Å². The van der Waals surface area contributed by atoms with Crippen molar-refractivity contribution in [2.45, 2.75) is 64.2 Å². The summed E-state index contributed by atoms with van der Waals surface area (Å²) in [6.45, 7) is 7.06. The van der Waals surface area contributed by atoms with E-state index in [-0.39, 0.29) is 12.0 Å². The van der Waals surface area contributed by atoms with Gasteiger partial charge in [0, 0.05) is 52.2 Å². The Balaban J connectivity index is 1.76. The molecule has 1 aliphatic rings. The molecule has 4 heterocycles. The van der Waals surface area contributed by atoms with Gasteiger partial charge in [-0.25, -0.2) is 9.67 Å². The second kappa shape index (κ2) is 12.4. The van der Waals surface area contributed by atoms with Crippen molar-refractivity contribution in [2.24, 2.45) is 22.0 Å².